The van der Waals surface area contributed by atoms with E-state index in [4.69, 9.17) is 17.3 Å². The van der Waals surface area contributed by atoms with E-state index in [-0.39, 0.29) is 11.8 Å². The summed E-state index contributed by atoms with van der Waals surface area (Å²) in [6.45, 7) is 5.13. The quantitative estimate of drug-likeness (QED) is 0.529. The molecule has 3 aromatic rings. The number of hydrogen-bond acceptors (Lipinski definition) is 5. The van der Waals surface area contributed by atoms with Crippen molar-refractivity contribution in [3.63, 3.8) is 0 Å². The average Bonchev–Trinajstić information content (AvgIpc) is 3.63. The minimum Gasteiger partial charge on any atom is -0.310 e. The summed E-state index contributed by atoms with van der Waals surface area (Å²) in [4.78, 5) is 19.3. The molecular formula is C25H30N6OS. The van der Waals surface area contributed by atoms with E-state index in [0.29, 0.717) is 18.4 Å². The van der Waals surface area contributed by atoms with Gasteiger partial charge in [0.1, 0.15) is 11.6 Å². The number of carbonyl (C=O) groups excluding carboxylic acids is 1. The molecule has 33 heavy (non-hydrogen) atoms. The lowest BCUT2D eigenvalue weighted by atomic mass is 9.96. The van der Waals surface area contributed by atoms with Crippen LogP contribution in [0.3, 0.4) is 0 Å². The summed E-state index contributed by atoms with van der Waals surface area (Å²) in [5.41, 5.74) is 2.32. The third-order valence-corrected chi connectivity index (χ3v) is 6.96. The average molecular weight is 463 g/mol. The molecule has 1 saturated carbocycles. The van der Waals surface area contributed by atoms with Gasteiger partial charge in [0.05, 0.1) is 13.2 Å². The van der Waals surface area contributed by atoms with Crippen LogP contribution in [0.5, 0.6) is 0 Å². The van der Waals surface area contributed by atoms with Gasteiger partial charge in [-0.05, 0) is 62.0 Å². The molecule has 2 aliphatic rings. The molecule has 0 bridgehead atoms. The van der Waals surface area contributed by atoms with E-state index in [1.807, 2.05) is 29.8 Å². The first-order valence-electron chi connectivity index (χ1n) is 11.7. The van der Waals surface area contributed by atoms with Crippen molar-refractivity contribution in [3.05, 3.63) is 70.4 Å². The molecule has 1 aliphatic heterocycles. The number of amides is 1. The van der Waals surface area contributed by atoms with Crippen LogP contribution in [0.25, 0.3) is 0 Å². The number of aryl methyl sites for hydroxylation is 1. The fourth-order valence-corrected chi connectivity index (χ4v) is 4.66. The highest BCUT2D eigenvalue weighted by atomic mass is 32.1. The maximum atomic E-state index is 12.7. The summed E-state index contributed by atoms with van der Waals surface area (Å²) < 4.78 is 4.96. The minimum absolute atomic E-state index is 0.00925. The van der Waals surface area contributed by atoms with Crippen molar-refractivity contribution >= 4 is 23.9 Å². The molecule has 0 spiro atoms. The van der Waals surface area contributed by atoms with Gasteiger partial charge >= 0.3 is 0 Å². The zero-order valence-electron chi connectivity index (χ0n) is 19.0. The SMILES string of the molecule is Cc1ccc(NC(=O)C2CCN(Cn3nc(C4CC4)n(Cc4ccccc4)c3=S)CC2)nc1. The van der Waals surface area contributed by atoms with Gasteiger partial charge in [-0.1, -0.05) is 36.4 Å². The lowest BCUT2D eigenvalue weighted by molar-refractivity contribution is -0.121. The Morgan fingerprint density at radius 1 is 1.09 bits per heavy atom. The van der Waals surface area contributed by atoms with Crippen LogP contribution in [0.15, 0.2) is 48.7 Å². The zero-order chi connectivity index (χ0) is 22.8. The molecule has 2 fully saturated rings. The van der Waals surface area contributed by atoms with Crippen molar-refractivity contribution in [1.29, 1.82) is 0 Å². The predicted octanol–water partition coefficient (Wildman–Crippen LogP) is 4.35. The first-order valence-corrected chi connectivity index (χ1v) is 12.1. The van der Waals surface area contributed by atoms with Gasteiger partial charge in [-0.3, -0.25) is 14.3 Å². The lowest BCUT2D eigenvalue weighted by Crippen LogP contribution is -2.39. The normalized spacial score (nSPS) is 17.2. The number of nitrogens with zero attached hydrogens (tertiary/aromatic N) is 5. The third kappa shape index (κ3) is 5.23. The Morgan fingerprint density at radius 3 is 2.52 bits per heavy atom. The van der Waals surface area contributed by atoms with E-state index in [9.17, 15) is 4.79 Å². The molecular weight excluding hydrogens is 432 g/mol. The van der Waals surface area contributed by atoms with Gasteiger partial charge in [-0.15, -0.1) is 0 Å². The van der Waals surface area contributed by atoms with Gasteiger partial charge in [0, 0.05) is 31.1 Å². The molecule has 1 N–H and O–H groups in total. The molecule has 7 nitrogen and oxygen atoms in total. The predicted molar refractivity (Wildman–Crippen MR) is 130 cm³/mol. The molecule has 0 atom stereocenters. The largest absolute Gasteiger partial charge is 0.310 e. The molecule has 1 aromatic carbocycles. The number of benzene rings is 1. The molecule has 1 saturated heterocycles. The van der Waals surface area contributed by atoms with Crippen LogP contribution in [-0.2, 0) is 18.0 Å². The monoisotopic (exact) mass is 462 g/mol. The Balaban J connectivity index is 1.21. The van der Waals surface area contributed by atoms with Crippen molar-refractivity contribution in [2.24, 2.45) is 5.92 Å². The highest BCUT2D eigenvalue weighted by molar-refractivity contribution is 7.71. The van der Waals surface area contributed by atoms with Crippen LogP contribution >= 0.6 is 12.2 Å². The number of rotatable bonds is 7. The van der Waals surface area contributed by atoms with E-state index < -0.39 is 0 Å². The van der Waals surface area contributed by atoms with E-state index in [1.165, 1.54) is 18.4 Å². The summed E-state index contributed by atoms with van der Waals surface area (Å²) in [5.74, 6) is 2.34. The second-order valence-corrected chi connectivity index (χ2v) is 9.60. The molecule has 0 unspecified atom stereocenters. The number of piperidine rings is 1. The van der Waals surface area contributed by atoms with Crippen molar-refractivity contribution in [2.75, 3.05) is 18.4 Å². The molecule has 3 heterocycles. The maximum absolute atomic E-state index is 12.7. The number of carbonyl (C=O) groups is 1. The molecule has 1 aliphatic carbocycles. The van der Waals surface area contributed by atoms with E-state index in [0.717, 1.165) is 48.6 Å². The Labute approximate surface area is 199 Å². The van der Waals surface area contributed by atoms with Crippen LogP contribution < -0.4 is 5.32 Å². The number of likely N-dealkylation sites (tertiary alicyclic amines) is 1. The van der Waals surface area contributed by atoms with Crippen LogP contribution in [0, 0.1) is 17.6 Å². The van der Waals surface area contributed by atoms with Crippen LogP contribution in [0.1, 0.15) is 48.6 Å². The lowest BCUT2D eigenvalue weighted by Gasteiger charge is -2.30. The number of hydrogen-bond donors (Lipinski definition) is 1. The number of pyridine rings is 1. The van der Waals surface area contributed by atoms with Gasteiger partial charge < -0.3 is 5.32 Å². The van der Waals surface area contributed by atoms with Gasteiger partial charge in [0.15, 0.2) is 4.77 Å². The van der Waals surface area contributed by atoms with Crippen molar-refractivity contribution < 1.29 is 4.79 Å². The summed E-state index contributed by atoms with van der Waals surface area (Å²) in [5, 5.41) is 7.89. The van der Waals surface area contributed by atoms with Crippen molar-refractivity contribution in [2.45, 2.75) is 51.7 Å². The molecule has 172 valence electrons. The highest BCUT2D eigenvalue weighted by Gasteiger charge is 2.31. The second kappa shape index (κ2) is 9.57. The van der Waals surface area contributed by atoms with E-state index >= 15 is 0 Å². The fraction of sp³-hybridized carbons (Fsp3) is 0.440. The standard InChI is InChI=1S/C25H30N6OS/c1-18-7-10-22(26-15-18)27-24(32)21-11-13-29(14-12-21)17-31-25(33)30(23(28-31)20-8-9-20)16-19-5-3-2-4-6-19/h2-7,10,15,20-21H,8-9,11-14,16-17H2,1H3,(H,26,27,32). The van der Waals surface area contributed by atoms with Crippen LogP contribution in [0.4, 0.5) is 5.82 Å². The van der Waals surface area contributed by atoms with E-state index in [1.54, 1.807) is 6.20 Å². The van der Waals surface area contributed by atoms with Crippen molar-refractivity contribution in [1.82, 2.24) is 24.2 Å². The third-order valence-electron chi connectivity index (χ3n) is 6.53. The first-order chi connectivity index (χ1) is 16.1. The highest BCUT2D eigenvalue weighted by Crippen LogP contribution is 2.39. The number of nitrogens with one attached hydrogen (secondary N) is 1. The second-order valence-electron chi connectivity index (χ2n) is 9.23. The minimum atomic E-state index is 0.00925. The maximum Gasteiger partial charge on any atom is 0.228 e. The summed E-state index contributed by atoms with van der Waals surface area (Å²) in [6, 6.07) is 14.3. The smallest absolute Gasteiger partial charge is 0.228 e. The van der Waals surface area contributed by atoms with Gasteiger partial charge in [-0.2, -0.15) is 5.10 Å². The van der Waals surface area contributed by atoms with Crippen molar-refractivity contribution in [3.8, 4) is 0 Å². The van der Waals surface area contributed by atoms with Crippen LogP contribution in [-0.4, -0.2) is 43.2 Å². The Hall–Kier alpha value is -2.84. The topological polar surface area (TPSA) is 68.0 Å². The Bertz CT molecular complexity index is 1160. The summed E-state index contributed by atoms with van der Waals surface area (Å²) in [7, 11) is 0. The van der Waals surface area contributed by atoms with Gasteiger partial charge in [-0.25, -0.2) is 9.67 Å². The Morgan fingerprint density at radius 2 is 1.85 bits per heavy atom. The summed E-state index contributed by atoms with van der Waals surface area (Å²) >= 11 is 5.84. The molecule has 8 heteroatoms. The van der Waals surface area contributed by atoms with Gasteiger partial charge in [0.2, 0.25) is 5.91 Å². The van der Waals surface area contributed by atoms with E-state index in [2.05, 4.69) is 44.0 Å². The molecule has 2 aromatic heterocycles. The number of aromatic nitrogens is 4. The zero-order valence-corrected chi connectivity index (χ0v) is 19.8. The molecule has 0 radical (unpaired) electrons. The molecule has 5 rings (SSSR count). The molecule has 1 amide bonds. The Kier molecular flexibility index (Phi) is 6.37. The van der Waals surface area contributed by atoms with Crippen LogP contribution in [0.2, 0.25) is 0 Å². The first kappa shape index (κ1) is 22.0. The number of anilines is 1. The van der Waals surface area contributed by atoms with Gasteiger partial charge in [0.25, 0.3) is 0 Å². The fourth-order valence-electron chi connectivity index (χ4n) is 4.40. The summed E-state index contributed by atoms with van der Waals surface area (Å²) in [6.07, 6.45) is 5.80.